The molecule has 2 amide bonds. The molecular weight excluding hydrogens is 517 g/mol. The Hall–Kier alpha value is -3.31. The number of rotatable bonds is 15. The van der Waals surface area contributed by atoms with Gasteiger partial charge in [0.1, 0.15) is 19.0 Å². The van der Waals surface area contributed by atoms with E-state index in [1.54, 1.807) is 31.2 Å². The molecule has 0 spiro atoms. The first-order valence-electron chi connectivity index (χ1n) is 12.7. The molecule has 2 aromatic rings. The standard InChI is InChI=1S/C28H37F3N2O6/c1-5-38-24(26(34)35)17-22-7-9-23(10-8-22)39-14-12-33(11-6-13-37-18-28(29,30)31)27(36)32-25-20(3)15-19(2)16-21(25)4/h7-10,15-16,24H,5-6,11-14,17-18H2,1-4H3,(H,32,36)(H,34,35). The number of benzene rings is 2. The lowest BCUT2D eigenvalue weighted by molar-refractivity contribution is -0.174. The number of nitrogens with one attached hydrogen (secondary N) is 1. The molecule has 11 heteroatoms. The number of aryl methyl sites for hydroxylation is 3. The summed E-state index contributed by atoms with van der Waals surface area (Å²) < 4.78 is 52.8. The Morgan fingerprint density at radius 1 is 1.03 bits per heavy atom. The molecule has 0 aromatic heterocycles. The molecule has 0 saturated carbocycles. The zero-order chi connectivity index (χ0) is 29.0. The van der Waals surface area contributed by atoms with Crippen molar-refractivity contribution in [2.24, 2.45) is 0 Å². The highest BCUT2D eigenvalue weighted by atomic mass is 19.4. The Bertz CT molecular complexity index is 1050. The number of carbonyl (C=O) groups excluding carboxylic acids is 1. The third kappa shape index (κ3) is 11.5. The van der Waals surface area contributed by atoms with E-state index in [-0.39, 0.29) is 39.1 Å². The summed E-state index contributed by atoms with van der Waals surface area (Å²) in [7, 11) is 0. The molecule has 2 aromatic carbocycles. The molecule has 8 nitrogen and oxygen atoms in total. The molecule has 0 aliphatic rings. The summed E-state index contributed by atoms with van der Waals surface area (Å²) in [6, 6.07) is 10.4. The van der Waals surface area contributed by atoms with Crippen LogP contribution in [0.5, 0.6) is 5.75 Å². The first kappa shape index (κ1) is 31.9. The van der Waals surface area contributed by atoms with Gasteiger partial charge in [-0.05, 0) is 62.9 Å². The predicted molar refractivity (Wildman–Crippen MR) is 141 cm³/mol. The SMILES string of the molecule is CCOC(Cc1ccc(OCCN(CCCOCC(F)(F)F)C(=O)Nc2c(C)cc(C)cc2C)cc1)C(=O)O. The van der Waals surface area contributed by atoms with Gasteiger partial charge in [-0.1, -0.05) is 29.8 Å². The number of hydrogen-bond acceptors (Lipinski definition) is 5. The Kier molecular flexibility index (Phi) is 12.5. The first-order chi connectivity index (χ1) is 18.4. The monoisotopic (exact) mass is 554 g/mol. The highest BCUT2D eigenvalue weighted by Gasteiger charge is 2.27. The number of carbonyl (C=O) groups is 2. The summed E-state index contributed by atoms with van der Waals surface area (Å²) in [5.41, 5.74) is 4.33. The quantitative estimate of drug-likeness (QED) is 0.281. The molecule has 0 radical (unpaired) electrons. The van der Waals surface area contributed by atoms with Gasteiger partial charge in [0, 0.05) is 31.9 Å². The second-order valence-corrected chi connectivity index (χ2v) is 9.19. The number of anilines is 1. The third-order valence-corrected chi connectivity index (χ3v) is 5.80. The van der Waals surface area contributed by atoms with Gasteiger partial charge in [0.2, 0.25) is 0 Å². The molecule has 39 heavy (non-hydrogen) atoms. The number of ether oxygens (including phenoxy) is 3. The van der Waals surface area contributed by atoms with E-state index in [1.807, 2.05) is 32.9 Å². The van der Waals surface area contributed by atoms with Crippen molar-refractivity contribution in [3.05, 3.63) is 58.7 Å². The van der Waals surface area contributed by atoms with Crippen LogP contribution in [0.2, 0.25) is 0 Å². The Labute approximate surface area is 227 Å². The van der Waals surface area contributed by atoms with Crippen LogP contribution in [-0.4, -0.2) is 73.8 Å². The lowest BCUT2D eigenvalue weighted by Gasteiger charge is -2.24. The maximum absolute atomic E-state index is 13.1. The second-order valence-electron chi connectivity index (χ2n) is 9.19. The Morgan fingerprint density at radius 3 is 2.23 bits per heavy atom. The van der Waals surface area contributed by atoms with Crippen LogP contribution in [0.25, 0.3) is 0 Å². The fourth-order valence-corrected chi connectivity index (χ4v) is 4.05. The van der Waals surface area contributed by atoms with Gasteiger partial charge in [-0.2, -0.15) is 13.2 Å². The van der Waals surface area contributed by atoms with Crippen molar-refractivity contribution < 1.29 is 42.1 Å². The molecule has 2 N–H and O–H groups in total. The van der Waals surface area contributed by atoms with E-state index in [0.29, 0.717) is 18.0 Å². The Balaban J connectivity index is 1.98. The first-order valence-corrected chi connectivity index (χ1v) is 12.7. The third-order valence-electron chi connectivity index (χ3n) is 5.80. The topological polar surface area (TPSA) is 97.3 Å². The van der Waals surface area contributed by atoms with Gasteiger partial charge in [0.05, 0.1) is 6.54 Å². The van der Waals surface area contributed by atoms with Gasteiger partial charge in [-0.3, -0.25) is 0 Å². The van der Waals surface area contributed by atoms with Crippen molar-refractivity contribution in [2.45, 2.75) is 52.8 Å². The average Bonchev–Trinajstić information content (AvgIpc) is 2.84. The van der Waals surface area contributed by atoms with E-state index in [1.165, 1.54) is 4.90 Å². The molecule has 0 heterocycles. The Morgan fingerprint density at radius 2 is 1.67 bits per heavy atom. The number of carboxylic acids is 1. The number of alkyl halides is 3. The fraction of sp³-hybridized carbons (Fsp3) is 0.500. The van der Waals surface area contributed by atoms with Gasteiger partial charge >= 0.3 is 18.2 Å². The molecule has 0 aliphatic carbocycles. The summed E-state index contributed by atoms with van der Waals surface area (Å²) in [5, 5.41) is 12.2. The minimum Gasteiger partial charge on any atom is -0.492 e. The van der Waals surface area contributed by atoms with Crippen LogP contribution >= 0.6 is 0 Å². The molecule has 0 bridgehead atoms. The maximum Gasteiger partial charge on any atom is 0.411 e. The maximum atomic E-state index is 13.1. The van der Waals surface area contributed by atoms with Gasteiger partial charge < -0.3 is 29.5 Å². The van der Waals surface area contributed by atoms with Crippen LogP contribution in [-0.2, 0) is 20.7 Å². The van der Waals surface area contributed by atoms with Crippen LogP contribution in [0, 0.1) is 20.8 Å². The van der Waals surface area contributed by atoms with Crippen molar-refractivity contribution in [3.63, 3.8) is 0 Å². The zero-order valence-electron chi connectivity index (χ0n) is 22.8. The van der Waals surface area contributed by atoms with Gasteiger partial charge in [-0.15, -0.1) is 0 Å². The number of carboxylic acid groups (broad SMARTS) is 1. The van der Waals surface area contributed by atoms with Crippen molar-refractivity contribution in [2.75, 3.05) is 44.8 Å². The molecule has 2 rings (SSSR count). The molecule has 1 unspecified atom stereocenters. The highest BCUT2D eigenvalue weighted by Crippen LogP contribution is 2.22. The largest absolute Gasteiger partial charge is 0.492 e. The van der Waals surface area contributed by atoms with Crippen LogP contribution in [0.1, 0.15) is 35.6 Å². The molecule has 1 atom stereocenters. The van der Waals surface area contributed by atoms with Crippen molar-refractivity contribution in [1.29, 1.82) is 0 Å². The molecule has 0 saturated heterocycles. The zero-order valence-corrected chi connectivity index (χ0v) is 22.8. The van der Waals surface area contributed by atoms with E-state index in [4.69, 9.17) is 9.47 Å². The summed E-state index contributed by atoms with van der Waals surface area (Å²) in [6.45, 7) is 6.78. The molecular formula is C28H37F3N2O6. The van der Waals surface area contributed by atoms with Crippen molar-refractivity contribution in [3.8, 4) is 5.75 Å². The summed E-state index contributed by atoms with van der Waals surface area (Å²) >= 11 is 0. The van der Waals surface area contributed by atoms with Gasteiger partial charge in [0.25, 0.3) is 0 Å². The predicted octanol–water partition coefficient (Wildman–Crippen LogP) is 5.53. The van der Waals surface area contributed by atoms with E-state index in [9.17, 15) is 27.9 Å². The number of hydrogen-bond donors (Lipinski definition) is 2. The number of aliphatic carboxylic acids is 1. The minimum absolute atomic E-state index is 0.138. The van der Waals surface area contributed by atoms with E-state index >= 15 is 0 Å². The highest BCUT2D eigenvalue weighted by molar-refractivity contribution is 5.91. The van der Waals surface area contributed by atoms with E-state index < -0.39 is 30.9 Å². The molecule has 0 aliphatic heterocycles. The smallest absolute Gasteiger partial charge is 0.411 e. The molecule has 0 fully saturated rings. The van der Waals surface area contributed by atoms with Crippen LogP contribution < -0.4 is 10.1 Å². The summed E-state index contributed by atoms with van der Waals surface area (Å²) in [4.78, 5) is 25.9. The van der Waals surface area contributed by atoms with Crippen LogP contribution in [0.3, 0.4) is 0 Å². The number of halogens is 3. The number of urea groups is 1. The van der Waals surface area contributed by atoms with Crippen molar-refractivity contribution >= 4 is 17.7 Å². The number of nitrogens with zero attached hydrogens (tertiary/aromatic N) is 1. The van der Waals surface area contributed by atoms with Crippen molar-refractivity contribution in [1.82, 2.24) is 4.90 Å². The fourth-order valence-electron chi connectivity index (χ4n) is 4.05. The number of amides is 2. The van der Waals surface area contributed by atoms with Crippen LogP contribution in [0.4, 0.5) is 23.7 Å². The lowest BCUT2D eigenvalue weighted by Crippen LogP contribution is -2.39. The minimum atomic E-state index is -4.40. The summed E-state index contributed by atoms with van der Waals surface area (Å²) in [5.74, 6) is -0.503. The van der Waals surface area contributed by atoms with E-state index in [0.717, 1.165) is 22.3 Å². The van der Waals surface area contributed by atoms with Gasteiger partial charge in [0.15, 0.2) is 6.10 Å². The van der Waals surface area contributed by atoms with Crippen LogP contribution in [0.15, 0.2) is 36.4 Å². The second kappa shape index (κ2) is 15.3. The molecule has 216 valence electrons. The normalized spacial score (nSPS) is 12.2. The lowest BCUT2D eigenvalue weighted by atomic mass is 10.1. The van der Waals surface area contributed by atoms with E-state index in [2.05, 4.69) is 10.1 Å². The average molecular weight is 555 g/mol. The summed E-state index contributed by atoms with van der Waals surface area (Å²) in [6.07, 6.45) is -4.91. The van der Waals surface area contributed by atoms with Gasteiger partial charge in [-0.25, -0.2) is 9.59 Å².